The van der Waals surface area contributed by atoms with Crippen LogP contribution >= 0.6 is 24.0 Å². The Bertz CT molecular complexity index is 756. The fourth-order valence-electron chi connectivity index (χ4n) is 2.82. The molecule has 0 fully saturated rings. The summed E-state index contributed by atoms with van der Waals surface area (Å²) in [6.45, 7) is 4.57. The second-order valence-corrected chi connectivity index (χ2v) is 6.75. The number of hydrogen-bond donors (Lipinski definition) is 2. The van der Waals surface area contributed by atoms with Gasteiger partial charge in [0.05, 0.1) is 14.2 Å². The molecular weight excluding hydrogens is 479 g/mol. The number of halogens is 1. The second kappa shape index (κ2) is 13.3. The normalized spacial score (nSPS) is 12.1. The van der Waals surface area contributed by atoms with Crippen molar-refractivity contribution < 1.29 is 9.47 Å². The SMILES string of the molecule is CN=C(NCc1ccc(OC)c(OC)c1)NCC(C)N(C)Cc1ccccc1.I. The van der Waals surface area contributed by atoms with E-state index in [-0.39, 0.29) is 24.0 Å². The van der Waals surface area contributed by atoms with Crippen molar-refractivity contribution >= 4 is 29.9 Å². The Morgan fingerprint density at radius 3 is 2.31 bits per heavy atom. The zero-order chi connectivity index (χ0) is 20.4. The van der Waals surface area contributed by atoms with Gasteiger partial charge in [-0.1, -0.05) is 36.4 Å². The first kappa shape index (κ1) is 25.0. The number of nitrogens with one attached hydrogen (secondary N) is 2. The molecule has 6 nitrogen and oxygen atoms in total. The van der Waals surface area contributed by atoms with Crippen LogP contribution in [0.2, 0.25) is 0 Å². The van der Waals surface area contributed by atoms with Crippen LogP contribution in [0.3, 0.4) is 0 Å². The van der Waals surface area contributed by atoms with Crippen LogP contribution < -0.4 is 20.1 Å². The molecule has 0 heterocycles. The molecule has 7 heteroatoms. The van der Waals surface area contributed by atoms with Gasteiger partial charge in [-0.25, -0.2) is 0 Å². The van der Waals surface area contributed by atoms with Gasteiger partial charge in [0.1, 0.15) is 0 Å². The minimum Gasteiger partial charge on any atom is -0.493 e. The molecule has 0 saturated carbocycles. The molecule has 0 aromatic heterocycles. The van der Waals surface area contributed by atoms with E-state index in [0.29, 0.717) is 12.6 Å². The van der Waals surface area contributed by atoms with Gasteiger partial charge in [0.2, 0.25) is 0 Å². The molecule has 0 radical (unpaired) electrons. The van der Waals surface area contributed by atoms with E-state index in [1.807, 2.05) is 24.3 Å². The van der Waals surface area contributed by atoms with Gasteiger partial charge in [0, 0.05) is 32.7 Å². The first-order valence-electron chi connectivity index (χ1n) is 9.47. The van der Waals surface area contributed by atoms with Gasteiger partial charge in [-0.15, -0.1) is 24.0 Å². The molecule has 1 atom stereocenters. The maximum absolute atomic E-state index is 5.36. The summed E-state index contributed by atoms with van der Waals surface area (Å²) < 4.78 is 10.6. The highest BCUT2D eigenvalue weighted by molar-refractivity contribution is 14.0. The summed E-state index contributed by atoms with van der Waals surface area (Å²) in [6, 6.07) is 16.8. The number of guanidine groups is 1. The van der Waals surface area contributed by atoms with Crippen LogP contribution in [0.1, 0.15) is 18.1 Å². The molecule has 2 aromatic rings. The lowest BCUT2D eigenvalue weighted by atomic mass is 10.2. The number of aliphatic imine (C=N–C) groups is 1. The van der Waals surface area contributed by atoms with Gasteiger partial charge in [0.15, 0.2) is 17.5 Å². The number of benzene rings is 2. The van der Waals surface area contributed by atoms with Crippen LogP contribution in [0.25, 0.3) is 0 Å². The number of rotatable bonds is 9. The topological polar surface area (TPSA) is 58.1 Å². The van der Waals surface area contributed by atoms with Crippen molar-refractivity contribution in [1.29, 1.82) is 0 Å². The molecule has 0 amide bonds. The van der Waals surface area contributed by atoms with Gasteiger partial charge < -0.3 is 20.1 Å². The monoisotopic (exact) mass is 512 g/mol. The molecule has 0 aliphatic carbocycles. The number of likely N-dealkylation sites (N-methyl/N-ethyl adjacent to an activating group) is 1. The molecule has 29 heavy (non-hydrogen) atoms. The van der Waals surface area contributed by atoms with Crippen LogP contribution in [0.15, 0.2) is 53.5 Å². The van der Waals surface area contributed by atoms with Crippen molar-refractivity contribution in [3.63, 3.8) is 0 Å². The first-order chi connectivity index (χ1) is 13.6. The fourth-order valence-corrected chi connectivity index (χ4v) is 2.82. The van der Waals surface area contributed by atoms with Crippen molar-refractivity contribution in [2.75, 3.05) is 34.9 Å². The number of ether oxygens (including phenoxy) is 2. The Morgan fingerprint density at radius 2 is 1.69 bits per heavy atom. The van der Waals surface area contributed by atoms with Crippen LogP contribution in [-0.2, 0) is 13.1 Å². The van der Waals surface area contributed by atoms with Crippen molar-refractivity contribution in [2.24, 2.45) is 4.99 Å². The highest BCUT2D eigenvalue weighted by Gasteiger charge is 2.11. The van der Waals surface area contributed by atoms with E-state index in [4.69, 9.17) is 9.47 Å². The van der Waals surface area contributed by atoms with E-state index in [0.717, 1.165) is 36.1 Å². The molecule has 2 N–H and O–H groups in total. The van der Waals surface area contributed by atoms with Gasteiger partial charge in [-0.05, 0) is 37.2 Å². The summed E-state index contributed by atoms with van der Waals surface area (Å²) >= 11 is 0. The van der Waals surface area contributed by atoms with Crippen molar-refractivity contribution in [1.82, 2.24) is 15.5 Å². The maximum Gasteiger partial charge on any atom is 0.191 e. The summed E-state index contributed by atoms with van der Waals surface area (Å²) in [5, 5.41) is 6.74. The minimum atomic E-state index is 0. The van der Waals surface area contributed by atoms with E-state index in [1.165, 1.54) is 5.56 Å². The Balaban J connectivity index is 0.00000420. The van der Waals surface area contributed by atoms with E-state index >= 15 is 0 Å². The molecule has 2 rings (SSSR count). The predicted octanol–water partition coefficient (Wildman–Crippen LogP) is 3.51. The average Bonchev–Trinajstić information content (AvgIpc) is 2.74. The minimum absolute atomic E-state index is 0. The lowest BCUT2D eigenvalue weighted by molar-refractivity contribution is 0.249. The third kappa shape index (κ3) is 8.10. The molecule has 0 spiro atoms. The molecule has 0 aliphatic heterocycles. The molecule has 160 valence electrons. The van der Waals surface area contributed by atoms with Crippen molar-refractivity contribution in [3.05, 3.63) is 59.7 Å². The van der Waals surface area contributed by atoms with Crippen molar-refractivity contribution in [2.45, 2.75) is 26.1 Å². The van der Waals surface area contributed by atoms with Crippen molar-refractivity contribution in [3.8, 4) is 11.5 Å². The zero-order valence-electron chi connectivity index (χ0n) is 17.9. The van der Waals surface area contributed by atoms with E-state index in [1.54, 1.807) is 21.3 Å². The Hall–Kier alpha value is -2.00. The predicted molar refractivity (Wildman–Crippen MR) is 131 cm³/mol. The lowest BCUT2D eigenvalue weighted by Crippen LogP contribution is -2.44. The van der Waals surface area contributed by atoms with E-state index in [2.05, 4.69) is 58.8 Å². The molecule has 0 saturated heterocycles. The Kier molecular flexibility index (Phi) is 11.5. The second-order valence-electron chi connectivity index (χ2n) is 6.75. The summed E-state index contributed by atoms with van der Waals surface area (Å²) in [6.07, 6.45) is 0. The molecular formula is C22H33IN4O2. The third-order valence-electron chi connectivity index (χ3n) is 4.72. The third-order valence-corrected chi connectivity index (χ3v) is 4.72. The zero-order valence-corrected chi connectivity index (χ0v) is 20.3. The molecule has 2 aromatic carbocycles. The smallest absolute Gasteiger partial charge is 0.191 e. The number of methoxy groups -OCH3 is 2. The maximum atomic E-state index is 5.36. The highest BCUT2D eigenvalue weighted by atomic mass is 127. The summed E-state index contributed by atoms with van der Waals surface area (Å²) in [5.41, 5.74) is 2.41. The van der Waals surface area contributed by atoms with E-state index < -0.39 is 0 Å². The first-order valence-corrected chi connectivity index (χ1v) is 9.47. The molecule has 0 bridgehead atoms. The average molecular weight is 512 g/mol. The van der Waals surface area contributed by atoms with Gasteiger partial charge in [-0.3, -0.25) is 9.89 Å². The Morgan fingerprint density at radius 1 is 1.00 bits per heavy atom. The van der Waals surface area contributed by atoms with Crippen LogP contribution in [0.5, 0.6) is 11.5 Å². The van der Waals surface area contributed by atoms with Crippen LogP contribution in [-0.4, -0.2) is 51.8 Å². The van der Waals surface area contributed by atoms with E-state index in [9.17, 15) is 0 Å². The summed E-state index contributed by atoms with van der Waals surface area (Å²) in [4.78, 5) is 6.64. The Labute approximate surface area is 191 Å². The highest BCUT2D eigenvalue weighted by Crippen LogP contribution is 2.27. The fraction of sp³-hybridized carbons (Fsp3) is 0.409. The largest absolute Gasteiger partial charge is 0.493 e. The summed E-state index contributed by atoms with van der Waals surface area (Å²) in [7, 11) is 7.20. The van der Waals surface area contributed by atoms with Gasteiger partial charge >= 0.3 is 0 Å². The van der Waals surface area contributed by atoms with Gasteiger partial charge in [-0.2, -0.15) is 0 Å². The molecule has 0 aliphatic rings. The van der Waals surface area contributed by atoms with Crippen LogP contribution in [0.4, 0.5) is 0 Å². The number of nitrogens with zero attached hydrogens (tertiary/aromatic N) is 2. The quantitative estimate of drug-likeness (QED) is 0.306. The number of hydrogen-bond acceptors (Lipinski definition) is 4. The molecule has 1 unspecified atom stereocenters. The van der Waals surface area contributed by atoms with Crippen LogP contribution in [0, 0.1) is 0 Å². The lowest BCUT2D eigenvalue weighted by Gasteiger charge is -2.26. The summed E-state index contributed by atoms with van der Waals surface area (Å²) in [5.74, 6) is 2.22. The standard InChI is InChI=1S/C22H32N4O2.HI/c1-17(26(3)16-18-9-7-6-8-10-18)14-24-22(23-2)25-15-19-11-12-20(27-4)21(13-19)28-5;/h6-13,17H,14-16H2,1-5H3,(H2,23,24,25);1H. The van der Waals surface area contributed by atoms with Gasteiger partial charge in [0.25, 0.3) is 0 Å².